The molecular formula is C13H15N3OS. The molecule has 94 valence electrons. The van der Waals surface area contributed by atoms with Gasteiger partial charge < -0.3 is 4.90 Å². The molecule has 0 aliphatic carbocycles. The third-order valence-electron chi connectivity index (χ3n) is 2.66. The normalized spacial score (nSPS) is 10.3. The average Bonchev–Trinajstić information content (AvgIpc) is 2.83. The van der Waals surface area contributed by atoms with Gasteiger partial charge in [0.05, 0.1) is 11.2 Å². The predicted octanol–water partition coefficient (Wildman–Crippen LogP) is 2.16. The quantitative estimate of drug-likeness (QED) is 0.847. The molecule has 2 aromatic heterocycles. The minimum atomic E-state index is 0.0367. The van der Waals surface area contributed by atoms with E-state index in [1.54, 1.807) is 23.5 Å². The first-order valence-corrected chi connectivity index (χ1v) is 6.55. The van der Waals surface area contributed by atoms with Crippen LogP contribution >= 0.6 is 11.3 Å². The number of carbonyl (C=O) groups is 1. The predicted molar refractivity (Wildman–Crippen MR) is 71.8 cm³/mol. The number of hydrogen-bond donors (Lipinski definition) is 0. The third-order valence-corrected chi connectivity index (χ3v) is 3.56. The van der Waals surface area contributed by atoms with Crippen molar-refractivity contribution in [1.29, 1.82) is 0 Å². The molecule has 5 heteroatoms. The summed E-state index contributed by atoms with van der Waals surface area (Å²) >= 11 is 1.43. The van der Waals surface area contributed by atoms with Gasteiger partial charge in [-0.2, -0.15) is 0 Å². The van der Waals surface area contributed by atoms with E-state index in [0.717, 1.165) is 11.4 Å². The Morgan fingerprint density at radius 2 is 2.11 bits per heavy atom. The van der Waals surface area contributed by atoms with Crippen molar-refractivity contribution in [2.75, 3.05) is 13.6 Å². The fourth-order valence-electron chi connectivity index (χ4n) is 1.60. The summed E-state index contributed by atoms with van der Waals surface area (Å²) in [4.78, 5) is 22.6. The molecule has 0 aromatic carbocycles. The highest BCUT2D eigenvalue weighted by molar-refractivity contribution is 7.13. The SMILES string of the molecule is Cc1ncc(C(=O)N(C)CCc2ccncc2)s1. The number of carbonyl (C=O) groups excluding carboxylic acids is 1. The summed E-state index contributed by atoms with van der Waals surface area (Å²) in [6.07, 6.45) is 6.02. The second-order valence-corrected chi connectivity index (χ2v) is 5.31. The van der Waals surface area contributed by atoms with Gasteiger partial charge in [-0.1, -0.05) is 0 Å². The van der Waals surface area contributed by atoms with Crippen molar-refractivity contribution in [2.24, 2.45) is 0 Å². The van der Waals surface area contributed by atoms with Crippen molar-refractivity contribution in [3.63, 3.8) is 0 Å². The molecule has 0 N–H and O–H groups in total. The second kappa shape index (κ2) is 5.73. The maximum Gasteiger partial charge on any atom is 0.265 e. The molecule has 0 spiro atoms. The molecule has 0 fully saturated rings. The number of likely N-dealkylation sites (N-methyl/N-ethyl adjacent to an activating group) is 1. The van der Waals surface area contributed by atoms with E-state index in [4.69, 9.17) is 0 Å². The highest BCUT2D eigenvalue weighted by Crippen LogP contribution is 2.13. The lowest BCUT2D eigenvalue weighted by molar-refractivity contribution is 0.0801. The number of pyridine rings is 1. The number of thiazole rings is 1. The molecule has 0 saturated heterocycles. The first-order valence-electron chi connectivity index (χ1n) is 5.73. The molecule has 2 heterocycles. The Labute approximate surface area is 110 Å². The summed E-state index contributed by atoms with van der Waals surface area (Å²) in [5.74, 6) is 0.0367. The van der Waals surface area contributed by atoms with Crippen LogP contribution in [0.4, 0.5) is 0 Å². The van der Waals surface area contributed by atoms with E-state index in [-0.39, 0.29) is 5.91 Å². The Bertz CT molecular complexity index is 524. The van der Waals surface area contributed by atoms with Crippen LogP contribution < -0.4 is 0 Å². The van der Waals surface area contributed by atoms with Crippen molar-refractivity contribution < 1.29 is 4.79 Å². The molecule has 0 unspecified atom stereocenters. The van der Waals surface area contributed by atoms with Crippen LogP contribution in [0.1, 0.15) is 20.2 Å². The zero-order valence-corrected chi connectivity index (χ0v) is 11.3. The van der Waals surface area contributed by atoms with Gasteiger partial charge in [0.15, 0.2) is 0 Å². The lowest BCUT2D eigenvalue weighted by Crippen LogP contribution is -2.28. The number of hydrogen-bond acceptors (Lipinski definition) is 4. The van der Waals surface area contributed by atoms with E-state index >= 15 is 0 Å². The van der Waals surface area contributed by atoms with E-state index < -0.39 is 0 Å². The zero-order valence-electron chi connectivity index (χ0n) is 10.5. The van der Waals surface area contributed by atoms with E-state index in [1.807, 2.05) is 26.1 Å². The first kappa shape index (κ1) is 12.7. The number of aryl methyl sites for hydroxylation is 1. The molecule has 0 aliphatic rings. The summed E-state index contributed by atoms with van der Waals surface area (Å²) in [5, 5.41) is 0.917. The Morgan fingerprint density at radius 3 is 2.72 bits per heavy atom. The van der Waals surface area contributed by atoms with Crippen LogP contribution in [0.25, 0.3) is 0 Å². The molecular weight excluding hydrogens is 246 g/mol. The van der Waals surface area contributed by atoms with Crippen LogP contribution in [-0.2, 0) is 6.42 Å². The summed E-state index contributed by atoms with van der Waals surface area (Å²) < 4.78 is 0. The Hall–Kier alpha value is -1.75. The van der Waals surface area contributed by atoms with Crippen LogP contribution in [0.2, 0.25) is 0 Å². The highest BCUT2D eigenvalue weighted by Gasteiger charge is 2.13. The molecule has 4 nitrogen and oxygen atoms in total. The van der Waals surface area contributed by atoms with Gasteiger partial charge in [0.2, 0.25) is 0 Å². The van der Waals surface area contributed by atoms with Gasteiger partial charge in [-0.3, -0.25) is 9.78 Å². The lowest BCUT2D eigenvalue weighted by atomic mass is 10.2. The van der Waals surface area contributed by atoms with Gasteiger partial charge in [-0.15, -0.1) is 11.3 Å². The van der Waals surface area contributed by atoms with E-state index in [2.05, 4.69) is 9.97 Å². The smallest absolute Gasteiger partial charge is 0.265 e. The molecule has 2 rings (SSSR count). The topological polar surface area (TPSA) is 46.1 Å². The van der Waals surface area contributed by atoms with Crippen molar-refractivity contribution in [3.8, 4) is 0 Å². The van der Waals surface area contributed by atoms with Gasteiger partial charge in [0.25, 0.3) is 5.91 Å². The van der Waals surface area contributed by atoms with E-state index in [1.165, 1.54) is 16.9 Å². The molecule has 0 saturated carbocycles. The summed E-state index contributed by atoms with van der Waals surface area (Å²) in [7, 11) is 1.82. The molecule has 0 aliphatic heterocycles. The maximum atomic E-state index is 12.1. The van der Waals surface area contributed by atoms with Gasteiger partial charge in [-0.05, 0) is 31.0 Å². The molecule has 0 atom stereocenters. The van der Waals surface area contributed by atoms with Gasteiger partial charge in [-0.25, -0.2) is 4.98 Å². The highest BCUT2D eigenvalue weighted by atomic mass is 32.1. The number of rotatable bonds is 4. The fourth-order valence-corrected chi connectivity index (χ4v) is 2.37. The first-order chi connectivity index (χ1) is 8.66. The van der Waals surface area contributed by atoms with Crippen LogP contribution in [0, 0.1) is 6.92 Å². The summed E-state index contributed by atoms with van der Waals surface area (Å²) in [5.41, 5.74) is 1.19. The summed E-state index contributed by atoms with van der Waals surface area (Å²) in [6.45, 7) is 2.60. The minimum Gasteiger partial charge on any atom is -0.341 e. The third kappa shape index (κ3) is 3.13. The van der Waals surface area contributed by atoms with E-state index in [0.29, 0.717) is 11.4 Å². The van der Waals surface area contributed by atoms with E-state index in [9.17, 15) is 4.79 Å². The van der Waals surface area contributed by atoms with Crippen LogP contribution in [0.3, 0.4) is 0 Å². The number of aromatic nitrogens is 2. The van der Waals surface area contributed by atoms with Crippen molar-refractivity contribution in [1.82, 2.24) is 14.9 Å². The molecule has 0 bridgehead atoms. The zero-order chi connectivity index (χ0) is 13.0. The fraction of sp³-hybridized carbons (Fsp3) is 0.308. The van der Waals surface area contributed by atoms with Crippen molar-refractivity contribution >= 4 is 17.2 Å². The molecule has 0 radical (unpaired) electrons. The Kier molecular flexibility index (Phi) is 4.04. The molecule has 1 amide bonds. The monoisotopic (exact) mass is 261 g/mol. The second-order valence-electron chi connectivity index (χ2n) is 4.08. The molecule has 18 heavy (non-hydrogen) atoms. The minimum absolute atomic E-state index is 0.0367. The number of nitrogens with zero attached hydrogens (tertiary/aromatic N) is 3. The molecule has 2 aromatic rings. The van der Waals surface area contributed by atoms with Crippen LogP contribution in [0.5, 0.6) is 0 Å². The Balaban J connectivity index is 1.92. The van der Waals surface area contributed by atoms with Crippen LogP contribution in [0.15, 0.2) is 30.7 Å². The van der Waals surface area contributed by atoms with Crippen molar-refractivity contribution in [3.05, 3.63) is 46.2 Å². The average molecular weight is 261 g/mol. The Morgan fingerprint density at radius 1 is 1.39 bits per heavy atom. The van der Waals surface area contributed by atoms with Crippen molar-refractivity contribution in [2.45, 2.75) is 13.3 Å². The van der Waals surface area contributed by atoms with Gasteiger partial charge in [0.1, 0.15) is 4.88 Å². The standard InChI is InChI=1S/C13H15N3OS/c1-10-15-9-12(18-10)13(17)16(2)8-5-11-3-6-14-7-4-11/h3-4,6-7,9H,5,8H2,1-2H3. The summed E-state index contributed by atoms with van der Waals surface area (Å²) in [6, 6.07) is 3.93. The van der Waals surface area contributed by atoms with Gasteiger partial charge >= 0.3 is 0 Å². The maximum absolute atomic E-state index is 12.1. The van der Waals surface area contributed by atoms with Gasteiger partial charge in [0, 0.05) is 26.0 Å². The van der Waals surface area contributed by atoms with Crippen LogP contribution in [-0.4, -0.2) is 34.4 Å². The number of amides is 1. The largest absolute Gasteiger partial charge is 0.341 e. The lowest BCUT2D eigenvalue weighted by Gasteiger charge is -2.15.